The van der Waals surface area contributed by atoms with Gasteiger partial charge in [0, 0.05) is 24.2 Å². The van der Waals surface area contributed by atoms with Crippen LogP contribution in [0.4, 0.5) is 0 Å². The molecule has 6 nitrogen and oxygen atoms in total. The Morgan fingerprint density at radius 1 is 0.421 bits per heavy atom. The maximum atomic E-state index is 5.75. The van der Waals surface area contributed by atoms with Crippen LogP contribution in [0.3, 0.4) is 0 Å². The van der Waals surface area contributed by atoms with Gasteiger partial charge >= 0.3 is 0 Å². The molecule has 0 spiro atoms. The molecule has 9 heteroatoms. The average molecular weight is 581 g/mol. The van der Waals surface area contributed by atoms with E-state index >= 15 is 0 Å². The second-order valence-electron chi connectivity index (χ2n) is 13.0. The summed E-state index contributed by atoms with van der Waals surface area (Å²) >= 11 is 15.8. The Labute approximate surface area is 247 Å². The highest BCUT2D eigenvalue weighted by Crippen LogP contribution is 2.37. The fourth-order valence-electron chi connectivity index (χ4n) is 7.93. The molecule has 0 aromatic carbocycles. The molecule has 4 saturated carbocycles. The van der Waals surface area contributed by atoms with Gasteiger partial charge in [0.15, 0.2) is 15.3 Å². The van der Waals surface area contributed by atoms with Crippen LogP contribution in [0.1, 0.15) is 116 Å². The van der Waals surface area contributed by atoms with Crippen LogP contribution in [0, 0.1) is 23.7 Å². The molecule has 4 fully saturated rings. The number of nitrogens with two attached hydrogens (primary N) is 2. The SMILES string of the molecule is NC(=S)NC1CCC(CC2CCC(NC(=S)NC3CCC(CC4CCC(NC(N)=S)CC4)CC3)CC2)CC1. The lowest BCUT2D eigenvalue weighted by Gasteiger charge is -2.36. The van der Waals surface area contributed by atoms with Crippen LogP contribution in [0.25, 0.3) is 0 Å². The fraction of sp³-hybridized carbons (Fsp3) is 0.897. The summed E-state index contributed by atoms with van der Waals surface area (Å²) in [5.41, 5.74) is 11.3. The third kappa shape index (κ3) is 10.2. The smallest absolute Gasteiger partial charge is 0.166 e. The van der Waals surface area contributed by atoms with Crippen LogP contribution >= 0.6 is 36.7 Å². The first-order chi connectivity index (χ1) is 18.3. The largest absolute Gasteiger partial charge is 0.376 e. The van der Waals surface area contributed by atoms with Gasteiger partial charge in [0.25, 0.3) is 0 Å². The fourth-order valence-corrected chi connectivity index (χ4v) is 8.59. The first-order valence-electron chi connectivity index (χ1n) is 15.5. The van der Waals surface area contributed by atoms with E-state index in [-0.39, 0.29) is 0 Å². The van der Waals surface area contributed by atoms with Gasteiger partial charge in [-0.25, -0.2) is 0 Å². The number of thiocarbonyl (C=S) groups is 3. The molecule has 4 aliphatic rings. The molecular formula is C29H52N6S3. The normalized spacial score (nSPS) is 36.0. The van der Waals surface area contributed by atoms with Crippen LogP contribution in [0.2, 0.25) is 0 Å². The van der Waals surface area contributed by atoms with E-state index in [1.165, 1.54) is 116 Å². The number of rotatable bonds is 8. The first-order valence-corrected chi connectivity index (χ1v) is 16.7. The van der Waals surface area contributed by atoms with Crippen molar-refractivity contribution in [3.63, 3.8) is 0 Å². The van der Waals surface area contributed by atoms with E-state index in [9.17, 15) is 0 Å². The Bertz CT molecular complexity index is 700. The Morgan fingerprint density at radius 3 is 0.895 bits per heavy atom. The third-order valence-electron chi connectivity index (χ3n) is 10.1. The van der Waals surface area contributed by atoms with Crippen LogP contribution in [-0.2, 0) is 0 Å². The van der Waals surface area contributed by atoms with Crippen molar-refractivity contribution in [1.82, 2.24) is 21.3 Å². The monoisotopic (exact) mass is 580 g/mol. The molecule has 0 aromatic heterocycles. The lowest BCUT2D eigenvalue weighted by atomic mass is 9.75. The summed E-state index contributed by atoms with van der Waals surface area (Å²) in [5, 5.41) is 15.7. The minimum absolute atomic E-state index is 0.455. The van der Waals surface area contributed by atoms with Gasteiger partial charge in [0.05, 0.1) is 0 Å². The van der Waals surface area contributed by atoms with Crippen molar-refractivity contribution in [3.05, 3.63) is 0 Å². The van der Waals surface area contributed by atoms with Gasteiger partial charge in [0.2, 0.25) is 0 Å². The highest BCUT2D eigenvalue weighted by atomic mass is 32.1. The molecule has 0 unspecified atom stereocenters. The van der Waals surface area contributed by atoms with Crippen molar-refractivity contribution in [1.29, 1.82) is 0 Å². The Kier molecular flexibility index (Phi) is 12.0. The molecule has 216 valence electrons. The van der Waals surface area contributed by atoms with Crippen molar-refractivity contribution < 1.29 is 0 Å². The zero-order valence-electron chi connectivity index (χ0n) is 23.2. The van der Waals surface area contributed by atoms with E-state index in [0.29, 0.717) is 34.4 Å². The molecule has 4 aliphatic carbocycles. The second kappa shape index (κ2) is 15.2. The summed E-state index contributed by atoms with van der Waals surface area (Å²) in [5.74, 6) is 3.54. The molecule has 0 heterocycles. The highest BCUT2D eigenvalue weighted by Gasteiger charge is 2.29. The van der Waals surface area contributed by atoms with E-state index < -0.39 is 0 Å². The quantitative estimate of drug-likeness (QED) is 0.218. The minimum Gasteiger partial charge on any atom is -0.376 e. The molecule has 0 aliphatic heterocycles. The van der Waals surface area contributed by atoms with Crippen molar-refractivity contribution in [2.75, 3.05) is 0 Å². The lowest BCUT2D eigenvalue weighted by molar-refractivity contribution is 0.213. The topological polar surface area (TPSA) is 100 Å². The van der Waals surface area contributed by atoms with Gasteiger partial charge in [-0.05, 0) is 176 Å². The molecule has 0 atom stereocenters. The molecular weight excluding hydrogens is 529 g/mol. The second-order valence-corrected chi connectivity index (χ2v) is 14.3. The molecule has 38 heavy (non-hydrogen) atoms. The lowest BCUT2D eigenvalue weighted by Crippen LogP contribution is -2.48. The van der Waals surface area contributed by atoms with E-state index in [0.717, 1.165) is 28.8 Å². The van der Waals surface area contributed by atoms with Gasteiger partial charge in [-0.1, -0.05) is 0 Å². The predicted molar refractivity (Wildman–Crippen MR) is 171 cm³/mol. The van der Waals surface area contributed by atoms with Crippen molar-refractivity contribution in [2.45, 2.75) is 140 Å². The molecule has 0 bridgehead atoms. The van der Waals surface area contributed by atoms with E-state index in [1.807, 2.05) is 0 Å². The van der Waals surface area contributed by atoms with E-state index in [2.05, 4.69) is 21.3 Å². The van der Waals surface area contributed by atoms with Crippen LogP contribution in [-0.4, -0.2) is 39.5 Å². The molecule has 0 aromatic rings. The molecule has 0 saturated heterocycles. The van der Waals surface area contributed by atoms with Crippen LogP contribution < -0.4 is 32.7 Å². The standard InChI is InChI=1S/C29H52N6S3/c30-27(36)32-23-9-1-19(2-10-23)17-21-5-13-25(14-6-21)34-29(38)35-26-15-7-22(8-16-26)18-20-3-11-24(12-4-20)33-28(31)37/h19-26H,1-18H2,(H3,30,32,36)(H3,31,33,37)(H2,34,35,38). The van der Waals surface area contributed by atoms with Gasteiger partial charge in [0.1, 0.15) is 0 Å². The summed E-state index contributed by atoms with van der Waals surface area (Å²) in [7, 11) is 0. The molecule has 0 radical (unpaired) electrons. The van der Waals surface area contributed by atoms with E-state index in [4.69, 9.17) is 48.1 Å². The first kappa shape index (κ1) is 30.0. The maximum Gasteiger partial charge on any atom is 0.166 e. The molecule has 0 amide bonds. The van der Waals surface area contributed by atoms with Gasteiger partial charge < -0.3 is 32.7 Å². The van der Waals surface area contributed by atoms with E-state index in [1.54, 1.807) is 0 Å². The highest BCUT2D eigenvalue weighted by molar-refractivity contribution is 7.80. The van der Waals surface area contributed by atoms with Crippen LogP contribution in [0.5, 0.6) is 0 Å². The van der Waals surface area contributed by atoms with Gasteiger partial charge in [-0.3, -0.25) is 0 Å². The number of nitrogens with one attached hydrogen (secondary N) is 4. The predicted octanol–water partition coefficient (Wildman–Crippen LogP) is 5.13. The van der Waals surface area contributed by atoms with Crippen molar-refractivity contribution in [3.8, 4) is 0 Å². The Balaban J connectivity index is 1.04. The summed E-state index contributed by atoms with van der Waals surface area (Å²) in [6, 6.07) is 2.09. The Morgan fingerprint density at radius 2 is 0.658 bits per heavy atom. The number of hydrogen-bond acceptors (Lipinski definition) is 3. The van der Waals surface area contributed by atoms with Crippen molar-refractivity contribution >= 4 is 52.0 Å². The van der Waals surface area contributed by atoms with Crippen LogP contribution in [0.15, 0.2) is 0 Å². The van der Waals surface area contributed by atoms with Gasteiger partial charge in [-0.2, -0.15) is 0 Å². The summed E-state index contributed by atoms with van der Waals surface area (Å²) in [4.78, 5) is 0. The zero-order valence-corrected chi connectivity index (χ0v) is 25.7. The summed E-state index contributed by atoms with van der Waals surface area (Å²) < 4.78 is 0. The third-order valence-corrected chi connectivity index (χ3v) is 10.6. The minimum atomic E-state index is 0.455. The summed E-state index contributed by atoms with van der Waals surface area (Å²) in [6.07, 6.45) is 23.3. The van der Waals surface area contributed by atoms with Gasteiger partial charge in [-0.15, -0.1) is 0 Å². The molecule has 4 rings (SSSR count). The zero-order chi connectivity index (χ0) is 26.9. The number of hydrogen-bond donors (Lipinski definition) is 6. The van der Waals surface area contributed by atoms with Crippen molar-refractivity contribution in [2.24, 2.45) is 35.1 Å². The molecule has 8 N–H and O–H groups in total. The average Bonchev–Trinajstić information content (AvgIpc) is 2.88. The Hall–Kier alpha value is -0.930. The maximum absolute atomic E-state index is 5.75. The summed E-state index contributed by atoms with van der Waals surface area (Å²) in [6.45, 7) is 0.